The number of amides is 1. The average Bonchev–Trinajstić information content (AvgIpc) is 2.30. The Morgan fingerprint density at radius 2 is 2.25 bits per heavy atom. The molecule has 3 atom stereocenters. The minimum Gasteiger partial charge on any atom is -0.378 e. The van der Waals surface area contributed by atoms with Crippen LogP contribution in [0.5, 0.6) is 0 Å². The second kappa shape index (κ2) is 5.64. The Hall–Kier alpha value is -0.610. The van der Waals surface area contributed by atoms with Gasteiger partial charge in [0.25, 0.3) is 0 Å². The van der Waals surface area contributed by atoms with Gasteiger partial charge >= 0.3 is 0 Å². The van der Waals surface area contributed by atoms with E-state index >= 15 is 0 Å². The number of carbonyl (C=O) groups is 1. The van der Waals surface area contributed by atoms with Crippen LogP contribution in [-0.2, 0) is 9.53 Å². The lowest BCUT2D eigenvalue weighted by Crippen LogP contribution is -2.51. The van der Waals surface area contributed by atoms with Crippen molar-refractivity contribution >= 4 is 5.91 Å². The summed E-state index contributed by atoms with van der Waals surface area (Å²) in [5.74, 6) is 0.179. The molecular formula is C12H22N2O2. The molecule has 0 bridgehead atoms. The van der Waals surface area contributed by atoms with Crippen molar-refractivity contribution in [1.82, 2.24) is 10.6 Å². The minimum absolute atomic E-state index is 0.0342. The third-order valence-electron chi connectivity index (χ3n) is 3.46. The minimum atomic E-state index is 0.0342. The first-order valence-corrected chi connectivity index (χ1v) is 6.41. The SMILES string of the molecule is CC1CC(NC(=O)[C@@H]2CCCCN2)CCO1. The summed E-state index contributed by atoms with van der Waals surface area (Å²) in [5.41, 5.74) is 0. The Morgan fingerprint density at radius 1 is 1.38 bits per heavy atom. The molecule has 2 aliphatic heterocycles. The van der Waals surface area contributed by atoms with Gasteiger partial charge in [-0.1, -0.05) is 6.42 Å². The van der Waals surface area contributed by atoms with Crippen LogP contribution >= 0.6 is 0 Å². The normalized spacial score (nSPS) is 35.7. The Labute approximate surface area is 97.1 Å². The lowest BCUT2D eigenvalue weighted by Gasteiger charge is -2.30. The molecule has 4 nitrogen and oxygen atoms in total. The Morgan fingerprint density at radius 3 is 2.94 bits per heavy atom. The van der Waals surface area contributed by atoms with Crippen LogP contribution in [0.2, 0.25) is 0 Å². The summed E-state index contributed by atoms with van der Waals surface area (Å²) in [4.78, 5) is 12.0. The molecule has 0 saturated carbocycles. The maximum atomic E-state index is 12.0. The summed E-state index contributed by atoms with van der Waals surface area (Å²) in [6, 6.07) is 0.340. The van der Waals surface area contributed by atoms with Gasteiger partial charge in [-0.05, 0) is 39.2 Å². The van der Waals surface area contributed by atoms with Crippen LogP contribution in [0, 0.1) is 0 Å². The number of nitrogens with one attached hydrogen (secondary N) is 2. The van der Waals surface area contributed by atoms with E-state index in [4.69, 9.17) is 4.74 Å². The molecule has 0 aromatic heterocycles. The maximum absolute atomic E-state index is 12.0. The van der Waals surface area contributed by atoms with Crippen molar-refractivity contribution in [1.29, 1.82) is 0 Å². The van der Waals surface area contributed by atoms with Crippen molar-refractivity contribution in [2.75, 3.05) is 13.2 Å². The fourth-order valence-electron chi connectivity index (χ4n) is 2.51. The molecule has 0 aromatic rings. The summed E-state index contributed by atoms with van der Waals surface area (Å²) in [7, 11) is 0. The van der Waals surface area contributed by atoms with Gasteiger partial charge in [0.15, 0.2) is 0 Å². The molecule has 2 fully saturated rings. The van der Waals surface area contributed by atoms with E-state index in [1.165, 1.54) is 6.42 Å². The second-order valence-electron chi connectivity index (χ2n) is 4.91. The standard InChI is InChI=1S/C12H22N2O2/c1-9-8-10(5-7-16-9)14-12(15)11-4-2-3-6-13-11/h9-11,13H,2-8H2,1H3,(H,14,15)/t9?,10?,11-/m0/s1. The fourth-order valence-corrected chi connectivity index (χ4v) is 2.51. The lowest BCUT2D eigenvalue weighted by molar-refractivity contribution is -0.125. The first-order valence-electron chi connectivity index (χ1n) is 6.41. The van der Waals surface area contributed by atoms with Gasteiger partial charge in [-0.15, -0.1) is 0 Å². The van der Waals surface area contributed by atoms with Gasteiger partial charge in [-0.3, -0.25) is 4.79 Å². The highest BCUT2D eigenvalue weighted by molar-refractivity contribution is 5.82. The first-order chi connectivity index (χ1) is 7.75. The van der Waals surface area contributed by atoms with Gasteiger partial charge in [0.2, 0.25) is 5.91 Å². The quantitative estimate of drug-likeness (QED) is 0.732. The number of ether oxygens (including phenoxy) is 1. The fraction of sp³-hybridized carbons (Fsp3) is 0.917. The van der Waals surface area contributed by atoms with Crippen LogP contribution in [0.3, 0.4) is 0 Å². The van der Waals surface area contributed by atoms with Crippen molar-refractivity contribution in [2.45, 2.75) is 57.2 Å². The van der Waals surface area contributed by atoms with E-state index in [0.717, 1.165) is 38.8 Å². The summed E-state index contributed by atoms with van der Waals surface area (Å²) in [6.07, 6.45) is 5.50. The first kappa shape index (κ1) is 11.9. The van der Waals surface area contributed by atoms with E-state index < -0.39 is 0 Å². The van der Waals surface area contributed by atoms with Gasteiger partial charge in [-0.2, -0.15) is 0 Å². The molecule has 0 aromatic carbocycles. The Balaban J connectivity index is 1.77. The van der Waals surface area contributed by atoms with E-state index in [0.29, 0.717) is 6.04 Å². The molecule has 2 unspecified atom stereocenters. The zero-order valence-corrected chi connectivity index (χ0v) is 10.00. The van der Waals surface area contributed by atoms with Crippen LogP contribution in [0.4, 0.5) is 0 Å². The summed E-state index contributed by atoms with van der Waals surface area (Å²) in [5, 5.41) is 6.41. The van der Waals surface area contributed by atoms with Gasteiger partial charge < -0.3 is 15.4 Å². The predicted molar refractivity (Wildman–Crippen MR) is 62.2 cm³/mol. The number of hydrogen-bond donors (Lipinski definition) is 2. The predicted octanol–water partition coefficient (Wildman–Crippen LogP) is 0.812. The summed E-state index contributed by atoms with van der Waals surface area (Å²) < 4.78 is 5.47. The molecule has 1 amide bonds. The van der Waals surface area contributed by atoms with Crippen LogP contribution < -0.4 is 10.6 Å². The van der Waals surface area contributed by atoms with Gasteiger partial charge in [0.05, 0.1) is 12.1 Å². The molecule has 2 aliphatic rings. The highest BCUT2D eigenvalue weighted by atomic mass is 16.5. The molecule has 4 heteroatoms. The lowest BCUT2D eigenvalue weighted by atomic mass is 10.0. The van der Waals surface area contributed by atoms with Gasteiger partial charge in [0, 0.05) is 12.6 Å². The van der Waals surface area contributed by atoms with E-state index in [9.17, 15) is 4.79 Å². The summed E-state index contributed by atoms with van der Waals surface area (Å²) >= 11 is 0. The highest BCUT2D eigenvalue weighted by Crippen LogP contribution is 2.14. The molecule has 2 saturated heterocycles. The molecule has 2 rings (SSSR count). The summed E-state index contributed by atoms with van der Waals surface area (Å²) in [6.45, 7) is 3.81. The van der Waals surface area contributed by atoms with Crippen molar-refractivity contribution in [3.8, 4) is 0 Å². The molecule has 2 N–H and O–H groups in total. The number of piperidine rings is 1. The average molecular weight is 226 g/mol. The molecule has 92 valence electrons. The smallest absolute Gasteiger partial charge is 0.237 e. The highest BCUT2D eigenvalue weighted by Gasteiger charge is 2.25. The molecule has 0 radical (unpaired) electrons. The van der Waals surface area contributed by atoms with E-state index in [2.05, 4.69) is 17.6 Å². The topological polar surface area (TPSA) is 50.4 Å². The Bertz CT molecular complexity index is 239. The molecule has 0 aliphatic carbocycles. The third-order valence-corrected chi connectivity index (χ3v) is 3.46. The van der Waals surface area contributed by atoms with Gasteiger partial charge in [-0.25, -0.2) is 0 Å². The number of rotatable bonds is 2. The monoisotopic (exact) mass is 226 g/mol. The van der Waals surface area contributed by atoms with Gasteiger partial charge in [0.1, 0.15) is 0 Å². The van der Waals surface area contributed by atoms with Crippen LogP contribution in [0.15, 0.2) is 0 Å². The number of carbonyl (C=O) groups excluding carboxylic acids is 1. The van der Waals surface area contributed by atoms with E-state index in [-0.39, 0.29) is 18.1 Å². The Kier molecular flexibility index (Phi) is 4.18. The maximum Gasteiger partial charge on any atom is 0.237 e. The molecular weight excluding hydrogens is 204 g/mol. The third kappa shape index (κ3) is 3.19. The molecule has 16 heavy (non-hydrogen) atoms. The number of hydrogen-bond acceptors (Lipinski definition) is 3. The van der Waals surface area contributed by atoms with Crippen LogP contribution in [-0.4, -0.2) is 37.2 Å². The zero-order valence-electron chi connectivity index (χ0n) is 10.00. The second-order valence-corrected chi connectivity index (χ2v) is 4.91. The van der Waals surface area contributed by atoms with Crippen LogP contribution in [0.1, 0.15) is 39.0 Å². The van der Waals surface area contributed by atoms with Crippen molar-refractivity contribution in [3.05, 3.63) is 0 Å². The van der Waals surface area contributed by atoms with Crippen molar-refractivity contribution in [2.24, 2.45) is 0 Å². The van der Waals surface area contributed by atoms with E-state index in [1.54, 1.807) is 0 Å². The molecule has 0 spiro atoms. The van der Waals surface area contributed by atoms with Crippen molar-refractivity contribution in [3.63, 3.8) is 0 Å². The zero-order chi connectivity index (χ0) is 11.4. The largest absolute Gasteiger partial charge is 0.378 e. The van der Waals surface area contributed by atoms with Crippen molar-refractivity contribution < 1.29 is 9.53 Å². The molecule has 2 heterocycles. The van der Waals surface area contributed by atoms with E-state index in [1.807, 2.05) is 0 Å². The van der Waals surface area contributed by atoms with Crippen LogP contribution in [0.25, 0.3) is 0 Å².